The fraction of sp³-hybridized carbons (Fsp3) is 0. The van der Waals surface area contributed by atoms with Gasteiger partial charge in [-0.1, -0.05) is 0 Å². The molecule has 0 unspecified atom stereocenters. The Kier molecular flexibility index (Phi) is 52.3. The van der Waals surface area contributed by atoms with Gasteiger partial charge in [-0.05, 0) is 0 Å². The molecule has 0 atom stereocenters. The van der Waals surface area contributed by atoms with E-state index in [2.05, 4.69) is 0 Å². The third-order valence-electron chi connectivity index (χ3n) is 0. The van der Waals surface area contributed by atoms with Crippen LogP contribution in [0.15, 0.2) is 0 Å². The van der Waals surface area contributed by atoms with Crippen LogP contribution in [0.5, 0.6) is 0 Å². The van der Waals surface area contributed by atoms with E-state index in [1.807, 2.05) is 0 Å². The van der Waals surface area contributed by atoms with Gasteiger partial charge in [-0.25, -0.2) is 31.2 Å². The molecule has 0 saturated heterocycles. The quantitative estimate of drug-likeness (QED) is 0.133. The average Bonchev–Trinajstić information content (AvgIpc) is 1.94. The zero-order valence-electron chi connectivity index (χ0n) is 8.93. The molecule has 135 valence electrons. The van der Waals surface area contributed by atoms with Gasteiger partial charge in [0, 0.05) is 36.9 Å². The molecule has 0 aromatic rings. The molecular weight excluding hydrogens is 485 g/mol. The second-order valence-corrected chi connectivity index (χ2v) is 1.23. The summed E-state index contributed by atoms with van der Waals surface area (Å²) in [6.45, 7) is 0. The van der Waals surface area contributed by atoms with Crippen LogP contribution < -0.4 is 0 Å². The van der Waals surface area contributed by atoms with E-state index in [1.54, 1.807) is 0 Å². The Morgan fingerprint density at radius 3 is 0.476 bits per heavy atom. The molecular formula is H8LuN5O15+3. The molecule has 0 rings (SSSR count). The molecule has 0 bridgehead atoms. The molecule has 0 aliphatic carbocycles. The van der Waals surface area contributed by atoms with Gasteiger partial charge in [0.25, 0.3) is 10.2 Å². The number of nitrogens with zero attached hydrogens (tertiary/aromatic N) is 5. The van der Waals surface area contributed by atoms with Crippen molar-refractivity contribution < 1.29 is 104 Å². The van der Waals surface area contributed by atoms with Crippen molar-refractivity contribution in [2.45, 2.75) is 0 Å². The molecule has 0 heterocycles. The first-order chi connectivity index (χ1) is 8.66. The average molecular weight is 493 g/mol. The predicted molar refractivity (Wildman–Crippen MR) is 39.2 cm³/mol. The van der Waals surface area contributed by atoms with Crippen molar-refractivity contribution in [1.29, 1.82) is 0 Å². The summed E-state index contributed by atoms with van der Waals surface area (Å²) in [7, 11) is 0. The first-order valence-corrected chi connectivity index (χ1v) is 2.88. The summed E-state index contributed by atoms with van der Waals surface area (Å²) in [6.07, 6.45) is 0. The van der Waals surface area contributed by atoms with E-state index in [1.165, 1.54) is 0 Å². The van der Waals surface area contributed by atoms with Crippen LogP contribution in [0.25, 0.3) is 0 Å². The molecule has 1 radical (unpaired) electrons. The van der Waals surface area contributed by atoms with Crippen LogP contribution in [-0.2, 0) is 0 Å². The van der Waals surface area contributed by atoms with Gasteiger partial charge >= 0.3 is 15.3 Å². The maximum Gasteiger partial charge on any atom is 0.472 e. The van der Waals surface area contributed by atoms with E-state index < -0.39 is 25.4 Å². The summed E-state index contributed by atoms with van der Waals surface area (Å²) >= 11 is 0. The summed E-state index contributed by atoms with van der Waals surface area (Å²) in [5.41, 5.74) is 0. The van der Waals surface area contributed by atoms with Gasteiger partial charge in [-0.3, -0.25) is 0 Å². The molecule has 0 aromatic heterocycles. The van der Waals surface area contributed by atoms with Crippen LogP contribution in [0.3, 0.4) is 0 Å². The van der Waals surface area contributed by atoms with E-state index >= 15 is 0 Å². The first kappa shape index (κ1) is 36.2. The predicted octanol–water partition coefficient (Wildman–Crippen LogP) is -2.06. The molecule has 0 aliphatic heterocycles. The second-order valence-electron chi connectivity index (χ2n) is 1.23. The summed E-state index contributed by atoms with van der Waals surface area (Å²) in [6, 6.07) is 0. The Bertz CT molecular complexity index is 207. The van der Waals surface area contributed by atoms with Crippen molar-refractivity contribution in [2.75, 3.05) is 0 Å². The van der Waals surface area contributed by atoms with Crippen LogP contribution in [0.4, 0.5) is 0 Å². The Hall–Kier alpha value is -2.77. The van der Waals surface area contributed by atoms with Crippen LogP contribution in [0.2, 0.25) is 0 Å². The van der Waals surface area contributed by atoms with Crippen molar-refractivity contribution >= 4 is 0 Å². The van der Waals surface area contributed by atoms with Gasteiger partial charge in [-0.15, -0.1) is 20.2 Å². The Labute approximate surface area is 139 Å². The second kappa shape index (κ2) is 30.3. The van der Waals surface area contributed by atoms with Gasteiger partial charge in [0.05, 0.1) is 0 Å². The van der Waals surface area contributed by atoms with Crippen molar-refractivity contribution in [3.05, 3.63) is 34.9 Å². The molecule has 0 saturated carbocycles. The third kappa shape index (κ3) is 523. The summed E-state index contributed by atoms with van der Waals surface area (Å²) in [5, 5.41) is 64.9. The van der Waals surface area contributed by atoms with Crippen molar-refractivity contribution in [3.63, 3.8) is 0 Å². The molecule has 0 aliphatic rings. The molecule has 8 N–H and O–H groups in total. The van der Waals surface area contributed by atoms with Crippen LogP contribution in [-0.4, -0.2) is 67.1 Å². The Balaban J connectivity index is -0.0000000331. The zero-order chi connectivity index (χ0) is 17.9. The van der Waals surface area contributed by atoms with Gasteiger partial charge < -0.3 is 10.4 Å². The fourth-order valence-electron chi connectivity index (χ4n) is 0. The molecule has 0 amide bonds. The smallest absolute Gasteiger partial charge is 0.328 e. The van der Waals surface area contributed by atoms with Crippen molar-refractivity contribution in [1.82, 2.24) is 0 Å². The Morgan fingerprint density at radius 1 is 0.476 bits per heavy atom. The van der Waals surface area contributed by atoms with E-state index in [0.29, 0.717) is 0 Å². The number of hydrogen-bond acceptors (Lipinski definition) is 7. The van der Waals surface area contributed by atoms with E-state index in [9.17, 15) is 0 Å². The van der Waals surface area contributed by atoms with E-state index in [0.717, 1.165) is 0 Å². The van der Waals surface area contributed by atoms with Crippen molar-refractivity contribution in [3.8, 4) is 0 Å². The third-order valence-corrected chi connectivity index (χ3v) is 0. The fourth-order valence-corrected chi connectivity index (χ4v) is 0. The van der Waals surface area contributed by atoms with Gasteiger partial charge in [0.2, 0.25) is 0 Å². The van der Waals surface area contributed by atoms with Gasteiger partial charge in [0.15, 0.2) is 0 Å². The molecule has 21 heavy (non-hydrogen) atoms. The minimum absolute atomic E-state index is 0. The molecule has 0 fully saturated rings. The largest absolute Gasteiger partial charge is 0.472 e. The van der Waals surface area contributed by atoms with Crippen LogP contribution >= 0.6 is 0 Å². The number of rotatable bonds is 0. The SMILES string of the molecule is O=[N+](O)O.O=[N+](O)O.O=[N+](O)O.O=[N+]([O-])O.O=[N+]([O-])O.[Lu]. The minimum atomic E-state index is -1.50. The van der Waals surface area contributed by atoms with Crippen LogP contribution in [0.1, 0.15) is 0 Å². The van der Waals surface area contributed by atoms with Gasteiger partial charge in [-0.2, -0.15) is 0 Å². The molecule has 0 aromatic carbocycles. The van der Waals surface area contributed by atoms with Gasteiger partial charge in [0.1, 0.15) is 14.7 Å². The van der Waals surface area contributed by atoms with Crippen LogP contribution in [0, 0.1) is 71.8 Å². The maximum atomic E-state index is 8.47. The topological polar surface area (TPSA) is 308 Å². The summed E-state index contributed by atoms with van der Waals surface area (Å²) in [4.78, 5) is 42.1. The monoisotopic (exact) mass is 493 g/mol. The molecule has 20 nitrogen and oxygen atoms in total. The zero-order valence-corrected chi connectivity index (χ0v) is 10.6. The Morgan fingerprint density at radius 2 is 0.476 bits per heavy atom. The summed E-state index contributed by atoms with van der Waals surface area (Å²) in [5.74, 6) is 0. The van der Waals surface area contributed by atoms with E-state index in [4.69, 9.17) is 76.6 Å². The minimum Gasteiger partial charge on any atom is -0.328 e. The molecule has 0 spiro atoms. The molecule has 21 heteroatoms. The summed E-state index contributed by atoms with van der Waals surface area (Å²) < 4.78 is 0. The maximum absolute atomic E-state index is 8.47. The standard InChI is InChI=1S/Lu.3H2NO3.2HNO3/c;5*2-1(3)4/h;3*(H2,2,3,4);2*(H,2,3,4)/q;3*+1;;. The van der Waals surface area contributed by atoms with E-state index in [-0.39, 0.29) is 36.9 Å². The van der Waals surface area contributed by atoms with Crippen molar-refractivity contribution in [2.24, 2.45) is 0 Å². The normalized spacial score (nSPS) is 5.71. The first-order valence-electron chi connectivity index (χ1n) is 2.88. The number of hydrogen-bond donors (Lipinski definition) is 8.